The van der Waals surface area contributed by atoms with E-state index in [1.54, 1.807) is 30.5 Å². The van der Waals surface area contributed by atoms with Crippen molar-refractivity contribution in [2.75, 3.05) is 0 Å². The summed E-state index contributed by atoms with van der Waals surface area (Å²) < 4.78 is 7.95. The van der Waals surface area contributed by atoms with Gasteiger partial charge in [0.2, 0.25) is 0 Å². The Bertz CT molecular complexity index is 1470. The second-order valence-corrected chi connectivity index (χ2v) is 10.2. The molecule has 1 N–H and O–H groups in total. The number of rotatable bonds is 7. The third kappa shape index (κ3) is 3.93. The number of fused-ring (bicyclic) bond motifs is 5. The molecule has 1 aliphatic heterocycles. The maximum atomic E-state index is 12.9. The molecule has 8 nitrogen and oxygen atoms in total. The number of nitrogens with zero attached hydrogens (tertiary/aromatic N) is 3. The van der Waals surface area contributed by atoms with Crippen LogP contribution in [-0.4, -0.2) is 38.7 Å². The van der Waals surface area contributed by atoms with Gasteiger partial charge in [0.1, 0.15) is 12.4 Å². The van der Waals surface area contributed by atoms with E-state index < -0.39 is 5.97 Å². The fraction of sp³-hybridized carbons (Fsp3) is 0.267. The summed E-state index contributed by atoms with van der Waals surface area (Å²) in [7, 11) is 0. The molecule has 1 saturated heterocycles. The Balaban J connectivity index is 1.14. The summed E-state index contributed by atoms with van der Waals surface area (Å²) in [5.41, 5.74) is 4.84. The molecular weight excluding hydrogens is 482 g/mol. The van der Waals surface area contributed by atoms with Crippen LogP contribution < -0.4 is 4.74 Å². The standard InChI is InChI=1S/C30H27N3O5/c1-17-13-23(15-31-33-28(34)26-21-7-8-22(14-21)27(26)29(33)35)18(2)32(17)24-9-11-25(12-10-24)38-16-19-3-5-20(6-4-19)30(36)37/h3-13,15,21-22,26-27H,14,16H2,1-2H3,(H,36,37)/t21-,22-,26-,27+/m0/s1. The number of aromatic nitrogens is 1. The number of hydrogen-bond acceptors (Lipinski definition) is 5. The van der Waals surface area contributed by atoms with Crippen LogP contribution in [0.15, 0.2) is 71.9 Å². The van der Waals surface area contributed by atoms with Gasteiger partial charge in [0.05, 0.1) is 23.6 Å². The molecule has 6 rings (SSSR count). The first-order valence-corrected chi connectivity index (χ1v) is 12.7. The number of benzene rings is 2. The van der Waals surface area contributed by atoms with Crippen LogP contribution in [0.3, 0.4) is 0 Å². The van der Waals surface area contributed by atoms with Gasteiger partial charge in [-0.05, 0) is 80.1 Å². The highest BCUT2D eigenvalue weighted by Gasteiger charge is 2.59. The number of carboxylic acid groups (broad SMARTS) is 1. The summed E-state index contributed by atoms with van der Waals surface area (Å²) in [5, 5.41) is 14.4. The molecule has 0 unspecified atom stereocenters. The number of ether oxygens (including phenoxy) is 1. The Morgan fingerprint density at radius 2 is 1.63 bits per heavy atom. The van der Waals surface area contributed by atoms with Crippen molar-refractivity contribution in [3.63, 3.8) is 0 Å². The van der Waals surface area contributed by atoms with Gasteiger partial charge in [-0.3, -0.25) is 9.59 Å². The Morgan fingerprint density at radius 3 is 2.24 bits per heavy atom. The third-order valence-electron chi connectivity index (χ3n) is 7.93. The Labute approximate surface area is 219 Å². The van der Waals surface area contributed by atoms with Crippen LogP contribution in [0.5, 0.6) is 5.75 Å². The van der Waals surface area contributed by atoms with E-state index in [0.29, 0.717) is 12.4 Å². The molecule has 192 valence electrons. The van der Waals surface area contributed by atoms with E-state index in [-0.39, 0.29) is 41.0 Å². The minimum atomic E-state index is -0.956. The van der Waals surface area contributed by atoms with Crippen molar-refractivity contribution in [2.24, 2.45) is 28.8 Å². The summed E-state index contributed by atoms with van der Waals surface area (Å²) in [6.07, 6.45) is 6.66. The highest BCUT2D eigenvalue weighted by Crippen LogP contribution is 2.52. The van der Waals surface area contributed by atoms with Gasteiger partial charge in [0.25, 0.3) is 11.8 Å². The van der Waals surface area contributed by atoms with E-state index in [2.05, 4.69) is 21.8 Å². The fourth-order valence-electron chi connectivity index (χ4n) is 6.04. The van der Waals surface area contributed by atoms with Gasteiger partial charge in [-0.1, -0.05) is 24.3 Å². The van der Waals surface area contributed by atoms with Crippen LogP contribution in [0, 0.1) is 37.5 Å². The number of amides is 2. The SMILES string of the molecule is Cc1cc(C=NN2C(=O)[C@@H]3[C@H](C2=O)[C@H]2C=C[C@H]3C2)c(C)n1-c1ccc(OCc2ccc(C(=O)O)cc2)cc1. The highest BCUT2D eigenvalue weighted by molar-refractivity contribution is 6.06. The van der Waals surface area contributed by atoms with Crippen molar-refractivity contribution >= 4 is 24.0 Å². The van der Waals surface area contributed by atoms with Gasteiger partial charge in [0.15, 0.2) is 0 Å². The molecule has 2 heterocycles. The molecule has 1 aromatic heterocycles. The average Bonchev–Trinajstić information content (AvgIpc) is 3.66. The Morgan fingerprint density at radius 1 is 1.00 bits per heavy atom. The van der Waals surface area contributed by atoms with E-state index in [9.17, 15) is 14.4 Å². The lowest BCUT2D eigenvalue weighted by Crippen LogP contribution is -2.28. The molecule has 3 aromatic rings. The topological polar surface area (TPSA) is 101 Å². The summed E-state index contributed by atoms with van der Waals surface area (Å²) in [4.78, 5) is 36.8. The highest BCUT2D eigenvalue weighted by atomic mass is 16.5. The maximum Gasteiger partial charge on any atom is 0.335 e. The van der Waals surface area contributed by atoms with Gasteiger partial charge < -0.3 is 14.4 Å². The van der Waals surface area contributed by atoms with E-state index >= 15 is 0 Å². The van der Waals surface area contributed by atoms with Crippen LogP contribution in [0.25, 0.3) is 5.69 Å². The van der Waals surface area contributed by atoms with Crippen LogP contribution >= 0.6 is 0 Å². The number of imide groups is 1. The number of aryl methyl sites for hydroxylation is 1. The molecule has 2 bridgehead atoms. The van der Waals surface area contributed by atoms with E-state index in [4.69, 9.17) is 9.84 Å². The molecule has 8 heteroatoms. The lowest BCUT2D eigenvalue weighted by Gasteiger charge is -2.13. The van der Waals surface area contributed by atoms with Crippen molar-refractivity contribution in [1.29, 1.82) is 0 Å². The molecule has 2 amide bonds. The number of hydrogen-bond donors (Lipinski definition) is 1. The van der Waals surface area contributed by atoms with Crippen LogP contribution in [-0.2, 0) is 16.2 Å². The minimum Gasteiger partial charge on any atom is -0.489 e. The van der Waals surface area contributed by atoms with Crippen molar-refractivity contribution in [2.45, 2.75) is 26.9 Å². The average molecular weight is 510 g/mol. The van der Waals surface area contributed by atoms with Gasteiger partial charge >= 0.3 is 5.97 Å². The van der Waals surface area contributed by atoms with E-state index in [0.717, 1.165) is 39.6 Å². The lowest BCUT2D eigenvalue weighted by molar-refractivity contribution is -0.140. The second kappa shape index (κ2) is 9.13. The fourth-order valence-corrected chi connectivity index (χ4v) is 6.04. The predicted octanol–water partition coefficient (Wildman–Crippen LogP) is 4.51. The molecule has 0 radical (unpaired) electrons. The smallest absolute Gasteiger partial charge is 0.335 e. The molecule has 38 heavy (non-hydrogen) atoms. The van der Waals surface area contributed by atoms with Gasteiger partial charge in [-0.25, -0.2) is 4.79 Å². The van der Waals surface area contributed by atoms with Crippen LogP contribution in [0.4, 0.5) is 0 Å². The summed E-state index contributed by atoms with van der Waals surface area (Å²) in [6, 6.07) is 16.3. The number of carbonyl (C=O) groups excluding carboxylic acids is 2. The van der Waals surface area contributed by atoms with Crippen LogP contribution in [0.2, 0.25) is 0 Å². The quantitative estimate of drug-likeness (QED) is 0.287. The Kier molecular flexibility index (Phi) is 5.75. The Hall–Kier alpha value is -4.46. The van der Waals surface area contributed by atoms with Crippen molar-refractivity contribution in [3.05, 3.63) is 94.8 Å². The normalized spacial score (nSPS) is 23.6. The molecule has 0 spiro atoms. The molecule has 2 aliphatic carbocycles. The summed E-state index contributed by atoms with van der Waals surface area (Å²) in [5.74, 6) is -0.820. The molecule has 1 saturated carbocycles. The molecule has 4 atom stereocenters. The molecule has 2 fully saturated rings. The minimum absolute atomic E-state index is 0.163. The predicted molar refractivity (Wildman–Crippen MR) is 140 cm³/mol. The van der Waals surface area contributed by atoms with Crippen molar-refractivity contribution in [1.82, 2.24) is 9.58 Å². The maximum absolute atomic E-state index is 12.9. The monoisotopic (exact) mass is 509 g/mol. The number of allylic oxidation sites excluding steroid dienone is 2. The molecular formula is C30H27N3O5. The second-order valence-electron chi connectivity index (χ2n) is 10.2. The zero-order chi connectivity index (χ0) is 26.6. The van der Waals surface area contributed by atoms with E-state index in [1.165, 1.54) is 0 Å². The largest absolute Gasteiger partial charge is 0.489 e. The van der Waals surface area contributed by atoms with Gasteiger partial charge in [-0.15, -0.1) is 0 Å². The number of carbonyl (C=O) groups is 3. The zero-order valence-corrected chi connectivity index (χ0v) is 21.1. The summed E-state index contributed by atoms with van der Waals surface area (Å²) in [6.45, 7) is 4.30. The number of aromatic carboxylic acids is 1. The van der Waals surface area contributed by atoms with Crippen molar-refractivity contribution in [3.8, 4) is 11.4 Å². The van der Waals surface area contributed by atoms with Gasteiger partial charge in [0, 0.05) is 22.6 Å². The number of carboxylic acids is 1. The van der Waals surface area contributed by atoms with Crippen LogP contribution in [0.1, 0.15) is 39.3 Å². The van der Waals surface area contributed by atoms with Crippen molar-refractivity contribution < 1.29 is 24.2 Å². The first kappa shape index (κ1) is 23.9. The molecule has 3 aliphatic rings. The van der Waals surface area contributed by atoms with Gasteiger partial charge in [-0.2, -0.15) is 10.1 Å². The first-order chi connectivity index (χ1) is 18.3. The third-order valence-corrected chi connectivity index (χ3v) is 7.93. The first-order valence-electron chi connectivity index (χ1n) is 12.7. The summed E-state index contributed by atoms with van der Waals surface area (Å²) >= 11 is 0. The lowest BCUT2D eigenvalue weighted by atomic mass is 9.85. The van der Waals surface area contributed by atoms with E-state index in [1.807, 2.05) is 44.2 Å². The number of hydrazone groups is 1. The zero-order valence-electron chi connectivity index (χ0n) is 21.1. The molecule has 2 aromatic carbocycles.